The molecule has 10 nitrogen and oxygen atoms in total. The summed E-state index contributed by atoms with van der Waals surface area (Å²) in [5.74, 6) is -1.63. The molecular weight excluding hydrogens is 467 g/mol. The number of anilines is 1. The Morgan fingerprint density at radius 3 is 2.52 bits per heavy atom. The SMILES string of the molecule is O=C(O)[C@H]1CN(c2cnc3cccnc3n2)CCN1S(=O)(=O)c1ccc(OC(F)(F)F)cc1. The minimum atomic E-state index is -4.92. The Morgan fingerprint density at radius 1 is 1.12 bits per heavy atom. The fourth-order valence-corrected chi connectivity index (χ4v) is 4.97. The molecule has 0 saturated carbocycles. The van der Waals surface area contributed by atoms with Crippen molar-refractivity contribution in [1.29, 1.82) is 0 Å². The lowest BCUT2D eigenvalue weighted by molar-refractivity contribution is -0.274. The lowest BCUT2D eigenvalue weighted by Gasteiger charge is -2.38. The van der Waals surface area contributed by atoms with E-state index in [0.29, 0.717) is 17.0 Å². The number of carbonyl (C=O) groups is 1. The molecule has 1 saturated heterocycles. The van der Waals surface area contributed by atoms with Crippen molar-refractivity contribution >= 4 is 33.0 Å². The first-order chi connectivity index (χ1) is 15.5. The lowest BCUT2D eigenvalue weighted by atomic mass is 10.2. The van der Waals surface area contributed by atoms with Gasteiger partial charge in [-0.05, 0) is 36.4 Å². The predicted molar refractivity (Wildman–Crippen MR) is 108 cm³/mol. The zero-order chi connectivity index (χ0) is 23.8. The summed E-state index contributed by atoms with van der Waals surface area (Å²) < 4.78 is 67.7. The van der Waals surface area contributed by atoms with Gasteiger partial charge in [0.2, 0.25) is 10.0 Å². The largest absolute Gasteiger partial charge is 0.573 e. The fraction of sp³-hybridized carbons (Fsp3) is 0.263. The van der Waals surface area contributed by atoms with Gasteiger partial charge in [-0.3, -0.25) is 4.79 Å². The van der Waals surface area contributed by atoms with Crippen LogP contribution in [0, 0.1) is 0 Å². The summed E-state index contributed by atoms with van der Waals surface area (Å²) in [5.41, 5.74) is 0.910. The Bertz CT molecular complexity index is 1290. The molecule has 2 aromatic heterocycles. The van der Waals surface area contributed by atoms with Gasteiger partial charge in [0.1, 0.15) is 23.1 Å². The van der Waals surface area contributed by atoms with Crippen molar-refractivity contribution in [2.24, 2.45) is 0 Å². The molecule has 1 fully saturated rings. The lowest BCUT2D eigenvalue weighted by Crippen LogP contribution is -2.58. The van der Waals surface area contributed by atoms with Gasteiger partial charge in [-0.25, -0.2) is 23.4 Å². The fourth-order valence-electron chi connectivity index (χ4n) is 3.40. The highest BCUT2D eigenvalue weighted by Crippen LogP contribution is 2.28. The first-order valence-electron chi connectivity index (χ1n) is 9.48. The van der Waals surface area contributed by atoms with E-state index in [1.54, 1.807) is 17.0 Å². The number of hydrogen-bond acceptors (Lipinski definition) is 8. The van der Waals surface area contributed by atoms with Gasteiger partial charge in [0.05, 0.1) is 11.1 Å². The number of benzene rings is 1. The van der Waals surface area contributed by atoms with Crippen LogP contribution in [0.2, 0.25) is 0 Å². The van der Waals surface area contributed by atoms with Crippen molar-refractivity contribution in [3.8, 4) is 5.75 Å². The second kappa shape index (κ2) is 8.44. The second-order valence-corrected chi connectivity index (χ2v) is 8.90. The average molecular weight is 483 g/mol. The molecule has 1 atom stereocenters. The van der Waals surface area contributed by atoms with Gasteiger partial charge in [-0.1, -0.05) is 0 Å². The van der Waals surface area contributed by atoms with E-state index in [1.807, 2.05) is 0 Å². The molecule has 14 heteroatoms. The van der Waals surface area contributed by atoms with Gasteiger partial charge in [0, 0.05) is 25.8 Å². The van der Waals surface area contributed by atoms with Crippen LogP contribution in [0.1, 0.15) is 0 Å². The molecule has 174 valence electrons. The number of ether oxygens (including phenoxy) is 1. The molecule has 1 aliphatic heterocycles. The number of carboxylic acid groups (broad SMARTS) is 1. The number of fused-ring (bicyclic) bond motifs is 1. The zero-order valence-corrected chi connectivity index (χ0v) is 17.5. The van der Waals surface area contributed by atoms with Gasteiger partial charge in [0.25, 0.3) is 0 Å². The number of sulfonamides is 1. The summed E-state index contributed by atoms with van der Waals surface area (Å²) in [7, 11) is -4.32. The van der Waals surface area contributed by atoms with Crippen molar-refractivity contribution in [2.45, 2.75) is 17.3 Å². The van der Waals surface area contributed by atoms with Crippen LogP contribution < -0.4 is 9.64 Å². The number of nitrogens with zero attached hydrogens (tertiary/aromatic N) is 5. The van der Waals surface area contributed by atoms with E-state index >= 15 is 0 Å². The van der Waals surface area contributed by atoms with Crippen LogP contribution in [0.25, 0.3) is 11.2 Å². The van der Waals surface area contributed by atoms with E-state index < -0.39 is 34.1 Å². The Balaban J connectivity index is 1.57. The normalized spacial score (nSPS) is 17.8. The third kappa shape index (κ3) is 4.80. The van der Waals surface area contributed by atoms with Crippen LogP contribution in [0.15, 0.2) is 53.7 Å². The maximum absolute atomic E-state index is 13.1. The van der Waals surface area contributed by atoms with E-state index in [-0.39, 0.29) is 24.5 Å². The average Bonchev–Trinajstić information content (AvgIpc) is 2.77. The summed E-state index contributed by atoms with van der Waals surface area (Å²) in [6.07, 6.45) is -1.94. The van der Waals surface area contributed by atoms with Crippen LogP contribution in [-0.2, 0) is 14.8 Å². The number of rotatable bonds is 5. The summed E-state index contributed by atoms with van der Waals surface area (Å²) in [6, 6.07) is 5.52. The Kier molecular flexibility index (Phi) is 5.80. The molecule has 3 heterocycles. The van der Waals surface area contributed by atoms with Gasteiger partial charge >= 0.3 is 12.3 Å². The van der Waals surface area contributed by atoms with E-state index in [9.17, 15) is 31.5 Å². The topological polar surface area (TPSA) is 126 Å². The highest BCUT2D eigenvalue weighted by atomic mass is 32.2. The Morgan fingerprint density at radius 2 is 1.85 bits per heavy atom. The maximum atomic E-state index is 13.1. The number of aromatic nitrogens is 3. The minimum Gasteiger partial charge on any atom is -0.480 e. The molecule has 1 aliphatic rings. The van der Waals surface area contributed by atoms with Crippen LogP contribution in [0.3, 0.4) is 0 Å². The summed E-state index contributed by atoms with van der Waals surface area (Å²) in [6.45, 7) is -0.288. The third-order valence-electron chi connectivity index (χ3n) is 4.91. The van der Waals surface area contributed by atoms with E-state index in [2.05, 4.69) is 19.7 Å². The maximum Gasteiger partial charge on any atom is 0.573 e. The first kappa shape index (κ1) is 22.7. The van der Waals surface area contributed by atoms with Crippen LogP contribution in [0.5, 0.6) is 5.75 Å². The van der Waals surface area contributed by atoms with E-state index in [1.165, 1.54) is 12.4 Å². The van der Waals surface area contributed by atoms with Crippen molar-refractivity contribution < 1.29 is 36.2 Å². The zero-order valence-electron chi connectivity index (χ0n) is 16.7. The van der Waals surface area contributed by atoms with Gasteiger partial charge in [-0.15, -0.1) is 13.2 Å². The number of piperazine rings is 1. The molecule has 1 aromatic carbocycles. The highest BCUT2D eigenvalue weighted by Gasteiger charge is 2.41. The number of carboxylic acids is 1. The highest BCUT2D eigenvalue weighted by molar-refractivity contribution is 7.89. The van der Waals surface area contributed by atoms with Crippen molar-refractivity contribution in [3.63, 3.8) is 0 Å². The number of hydrogen-bond donors (Lipinski definition) is 1. The molecule has 3 aromatic rings. The molecule has 0 bridgehead atoms. The molecule has 0 spiro atoms. The van der Waals surface area contributed by atoms with Crippen molar-refractivity contribution in [1.82, 2.24) is 19.3 Å². The smallest absolute Gasteiger partial charge is 0.480 e. The third-order valence-corrected chi connectivity index (χ3v) is 6.83. The molecule has 0 amide bonds. The van der Waals surface area contributed by atoms with Gasteiger partial charge < -0.3 is 14.7 Å². The molecule has 0 radical (unpaired) electrons. The predicted octanol–water partition coefficient (Wildman–Crippen LogP) is 1.89. The number of pyridine rings is 1. The van der Waals surface area contributed by atoms with Crippen LogP contribution >= 0.6 is 0 Å². The monoisotopic (exact) mass is 483 g/mol. The first-order valence-corrected chi connectivity index (χ1v) is 10.9. The quantitative estimate of drug-likeness (QED) is 0.579. The van der Waals surface area contributed by atoms with Crippen molar-refractivity contribution in [3.05, 3.63) is 48.8 Å². The minimum absolute atomic E-state index is 0.116. The number of halogens is 3. The molecule has 0 unspecified atom stereocenters. The van der Waals surface area contributed by atoms with Gasteiger partial charge in [0.15, 0.2) is 5.65 Å². The summed E-state index contributed by atoms with van der Waals surface area (Å²) in [5, 5.41) is 9.70. The summed E-state index contributed by atoms with van der Waals surface area (Å²) >= 11 is 0. The molecule has 4 rings (SSSR count). The van der Waals surface area contributed by atoms with Gasteiger partial charge in [-0.2, -0.15) is 4.31 Å². The Labute approximate surface area is 185 Å². The standard InChI is InChI=1S/C19H16F3N5O5S/c20-19(21,22)32-12-3-5-13(6-4-12)33(30,31)27-9-8-26(11-15(27)18(28)29)16-10-24-14-2-1-7-23-17(14)25-16/h1-7,10,15H,8-9,11H2,(H,28,29)/t15-/m1/s1. The second-order valence-electron chi connectivity index (χ2n) is 7.01. The van der Waals surface area contributed by atoms with E-state index in [0.717, 1.165) is 28.6 Å². The number of aliphatic carboxylic acids is 1. The van der Waals surface area contributed by atoms with Crippen LogP contribution in [0.4, 0.5) is 19.0 Å². The molecular formula is C19H16F3N5O5S. The summed E-state index contributed by atoms with van der Waals surface area (Å²) in [4.78, 5) is 25.9. The van der Waals surface area contributed by atoms with Crippen LogP contribution in [-0.4, -0.2) is 70.8 Å². The molecule has 33 heavy (non-hydrogen) atoms. The Hall–Kier alpha value is -3.52. The molecule has 1 N–H and O–H groups in total. The number of alkyl halides is 3. The van der Waals surface area contributed by atoms with Crippen molar-refractivity contribution in [2.75, 3.05) is 24.5 Å². The molecule has 0 aliphatic carbocycles. The van der Waals surface area contributed by atoms with E-state index in [4.69, 9.17) is 0 Å².